The third kappa shape index (κ3) is 0.873. The summed E-state index contributed by atoms with van der Waals surface area (Å²) in [6.45, 7) is 0. The van der Waals surface area contributed by atoms with E-state index >= 15 is 0 Å². The largest absolute Gasteiger partial charge is 0.477 e. The molecule has 8 heavy (non-hydrogen) atoms. The first-order chi connectivity index (χ1) is 3.80. The molecule has 1 N–H and O–H groups in total. The molecule has 0 spiro atoms. The summed E-state index contributed by atoms with van der Waals surface area (Å²) in [5.74, 6) is -0.916. The van der Waals surface area contributed by atoms with E-state index in [-0.39, 0.29) is 5.30 Å². The van der Waals surface area contributed by atoms with E-state index in [1.165, 1.54) is 12.3 Å². The first-order valence-electron chi connectivity index (χ1n) is 1.94. The van der Waals surface area contributed by atoms with Crippen LogP contribution in [-0.2, 0) is 0 Å². The number of hydrogen-bond donors (Lipinski definition) is 1. The summed E-state index contributed by atoms with van der Waals surface area (Å²) in [7, 11) is 0.421. The highest BCUT2D eigenvalue weighted by molar-refractivity contribution is 7.25. The molecule has 1 heterocycles. The van der Waals surface area contributed by atoms with E-state index in [0.29, 0.717) is 8.43 Å². The Morgan fingerprint density at radius 2 is 2.62 bits per heavy atom. The van der Waals surface area contributed by atoms with Crippen LogP contribution in [0.15, 0.2) is 16.5 Å². The Balaban J connectivity index is 2.93. The maximum atomic E-state index is 10.0. The molecule has 0 aliphatic carbocycles. The van der Waals surface area contributed by atoms with Gasteiger partial charge in [-0.3, -0.25) is 0 Å². The molecule has 1 aromatic rings. The Kier molecular flexibility index (Phi) is 1.31. The van der Waals surface area contributed by atoms with Gasteiger partial charge in [0.1, 0.15) is 13.7 Å². The number of aromatic carboxylic acids is 1. The highest BCUT2D eigenvalue weighted by Gasteiger charge is 2.01. The van der Waals surface area contributed by atoms with Crippen molar-refractivity contribution < 1.29 is 14.1 Å². The molecular formula is C4H3O3P. The molecule has 3 nitrogen and oxygen atoms in total. The Morgan fingerprint density at radius 1 is 1.88 bits per heavy atom. The monoisotopic (exact) mass is 130 g/mol. The SMILES string of the molecule is O=C(O)c1ccop1. The minimum absolute atomic E-state index is 0.282. The van der Waals surface area contributed by atoms with Gasteiger partial charge in [-0.25, -0.2) is 4.79 Å². The van der Waals surface area contributed by atoms with Crippen LogP contribution in [-0.4, -0.2) is 11.1 Å². The molecule has 4 heteroatoms. The summed E-state index contributed by atoms with van der Waals surface area (Å²) in [4.78, 5) is 10.0. The van der Waals surface area contributed by atoms with Crippen LogP contribution in [0.4, 0.5) is 0 Å². The molecule has 0 saturated carbocycles. The summed E-state index contributed by atoms with van der Waals surface area (Å²) in [5.41, 5.74) is 0. The Morgan fingerprint density at radius 3 is 2.88 bits per heavy atom. The first-order valence-corrected chi connectivity index (χ1v) is 2.75. The van der Waals surface area contributed by atoms with Gasteiger partial charge in [-0.1, -0.05) is 0 Å². The number of rotatable bonds is 1. The van der Waals surface area contributed by atoms with Crippen molar-refractivity contribution in [3.8, 4) is 0 Å². The maximum Gasteiger partial charge on any atom is 0.343 e. The van der Waals surface area contributed by atoms with Gasteiger partial charge in [0.25, 0.3) is 0 Å². The van der Waals surface area contributed by atoms with Crippen molar-refractivity contribution in [2.45, 2.75) is 0 Å². The molecule has 0 amide bonds. The van der Waals surface area contributed by atoms with Crippen LogP contribution in [0.5, 0.6) is 0 Å². The van der Waals surface area contributed by atoms with Gasteiger partial charge in [0.2, 0.25) is 0 Å². The number of carboxylic acid groups (broad SMARTS) is 1. The van der Waals surface area contributed by atoms with Crippen LogP contribution in [0.3, 0.4) is 0 Å². The highest BCUT2D eigenvalue weighted by atomic mass is 31.1. The minimum atomic E-state index is -0.916. The van der Waals surface area contributed by atoms with Crippen LogP contribution in [0.1, 0.15) is 10.1 Å². The average molecular weight is 130 g/mol. The van der Waals surface area contributed by atoms with E-state index in [9.17, 15) is 4.79 Å². The third-order valence-electron chi connectivity index (χ3n) is 0.657. The Labute approximate surface area is 47.1 Å². The fourth-order valence-corrected chi connectivity index (χ4v) is 0.758. The quantitative estimate of drug-likeness (QED) is 0.627. The molecule has 0 atom stereocenters. The lowest BCUT2D eigenvalue weighted by molar-refractivity contribution is 0.0702. The molecule has 0 aliphatic heterocycles. The van der Waals surface area contributed by atoms with Crippen molar-refractivity contribution in [3.63, 3.8) is 0 Å². The zero-order valence-corrected chi connectivity index (χ0v) is 4.76. The van der Waals surface area contributed by atoms with Gasteiger partial charge >= 0.3 is 5.97 Å². The summed E-state index contributed by atoms with van der Waals surface area (Å²) >= 11 is 0. The van der Waals surface area contributed by atoms with Crippen molar-refractivity contribution in [2.24, 2.45) is 0 Å². The van der Waals surface area contributed by atoms with Gasteiger partial charge in [-0.15, -0.1) is 0 Å². The summed E-state index contributed by atoms with van der Waals surface area (Å²) in [6, 6.07) is 1.43. The van der Waals surface area contributed by atoms with Crippen LogP contribution < -0.4 is 0 Å². The van der Waals surface area contributed by atoms with Crippen molar-refractivity contribution in [1.29, 1.82) is 0 Å². The van der Waals surface area contributed by atoms with Crippen molar-refractivity contribution in [1.82, 2.24) is 0 Å². The molecule has 0 bridgehead atoms. The van der Waals surface area contributed by atoms with Gasteiger partial charge in [0.15, 0.2) is 0 Å². The van der Waals surface area contributed by atoms with Crippen LogP contribution in [0.25, 0.3) is 0 Å². The smallest absolute Gasteiger partial charge is 0.343 e. The summed E-state index contributed by atoms with van der Waals surface area (Å²) < 4.78 is 4.59. The molecule has 0 aliphatic rings. The number of carboxylic acids is 1. The van der Waals surface area contributed by atoms with Gasteiger partial charge in [-0.05, 0) is 6.07 Å². The molecule has 0 saturated heterocycles. The summed E-state index contributed by atoms with van der Waals surface area (Å²) in [5, 5.41) is 8.52. The zero-order chi connectivity index (χ0) is 5.98. The van der Waals surface area contributed by atoms with E-state index < -0.39 is 5.97 Å². The van der Waals surface area contributed by atoms with E-state index in [4.69, 9.17) is 5.11 Å². The molecule has 1 rings (SSSR count). The number of carbonyl (C=O) groups is 1. The molecular weight excluding hydrogens is 127 g/mol. The molecule has 0 unspecified atom stereocenters. The van der Waals surface area contributed by atoms with Crippen LogP contribution in [0.2, 0.25) is 0 Å². The standard InChI is InChI=1S/C4H3O3P/c5-4(6)3-1-2-7-8-3/h1-2H,(H,5,6). The van der Waals surface area contributed by atoms with Gasteiger partial charge in [0, 0.05) is 0 Å². The molecule has 1 aromatic heterocycles. The predicted octanol–water partition coefficient (Wildman–Crippen LogP) is 1.56. The zero-order valence-electron chi connectivity index (χ0n) is 3.87. The lowest BCUT2D eigenvalue weighted by atomic mass is 10.5. The lowest BCUT2D eigenvalue weighted by Gasteiger charge is -1.76. The van der Waals surface area contributed by atoms with E-state index in [2.05, 4.69) is 4.20 Å². The topological polar surface area (TPSA) is 50.4 Å². The Bertz CT molecular complexity index is 179. The van der Waals surface area contributed by atoms with E-state index in [1.54, 1.807) is 0 Å². The highest BCUT2D eigenvalue weighted by Crippen LogP contribution is 2.13. The Hall–Kier alpha value is -0.820. The van der Waals surface area contributed by atoms with E-state index in [1.807, 2.05) is 0 Å². The van der Waals surface area contributed by atoms with Crippen LogP contribution >= 0.6 is 8.43 Å². The second-order valence-corrected chi connectivity index (χ2v) is 2.07. The first kappa shape index (κ1) is 5.32. The van der Waals surface area contributed by atoms with E-state index in [0.717, 1.165) is 0 Å². The maximum absolute atomic E-state index is 10.0. The van der Waals surface area contributed by atoms with Crippen LogP contribution in [0, 0.1) is 0 Å². The number of hydrogen-bond acceptors (Lipinski definition) is 2. The lowest BCUT2D eigenvalue weighted by Crippen LogP contribution is -1.88. The molecule has 0 radical (unpaired) electrons. The summed E-state index contributed by atoms with van der Waals surface area (Å²) in [6.07, 6.45) is 1.37. The van der Waals surface area contributed by atoms with Crippen molar-refractivity contribution >= 4 is 14.4 Å². The molecule has 42 valence electrons. The fraction of sp³-hybridized carbons (Fsp3) is 0. The second-order valence-electron chi connectivity index (χ2n) is 1.19. The van der Waals surface area contributed by atoms with Gasteiger partial charge in [-0.2, -0.15) is 0 Å². The average Bonchev–Trinajstić information content (AvgIpc) is 2.12. The second kappa shape index (κ2) is 1.97. The fourth-order valence-electron chi connectivity index (χ4n) is 0.323. The third-order valence-corrected chi connectivity index (χ3v) is 1.42. The minimum Gasteiger partial charge on any atom is -0.477 e. The van der Waals surface area contributed by atoms with Crippen molar-refractivity contribution in [2.75, 3.05) is 0 Å². The van der Waals surface area contributed by atoms with Crippen molar-refractivity contribution in [3.05, 3.63) is 17.6 Å². The normalized spacial score (nSPS) is 10.0. The van der Waals surface area contributed by atoms with Gasteiger partial charge in [0.05, 0.1) is 6.26 Å². The predicted molar refractivity (Wildman–Crippen MR) is 28.2 cm³/mol. The van der Waals surface area contributed by atoms with Gasteiger partial charge < -0.3 is 9.30 Å². The molecule has 0 fully saturated rings. The molecule has 0 aromatic carbocycles.